The van der Waals surface area contributed by atoms with Crippen LogP contribution in [-0.2, 0) is 14.3 Å². The molecule has 41 heavy (non-hydrogen) atoms. The SMILES string of the molecule is CCCOc1ccc(/C(O)=C2\C(=O)C(=O)N(c3nc(C)c(C(=O)OC)s3)C2c2cccc(OCCC(C)C)c2)cc1. The van der Waals surface area contributed by atoms with Crippen LogP contribution >= 0.6 is 11.3 Å². The Balaban J connectivity index is 1.83. The Morgan fingerprint density at radius 2 is 1.78 bits per heavy atom. The fourth-order valence-electron chi connectivity index (χ4n) is 4.38. The van der Waals surface area contributed by atoms with E-state index in [9.17, 15) is 19.5 Å². The minimum atomic E-state index is -1.02. The lowest BCUT2D eigenvalue weighted by molar-refractivity contribution is -0.132. The number of aromatic nitrogens is 1. The number of aryl methyl sites for hydroxylation is 1. The van der Waals surface area contributed by atoms with Gasteiger partial charge in [-0.2, -0.15) is 0 Å². The number of aliphatic hydroxyl groups excluding tert-OH is 1. The molecule has 4 rings (SSSR count). The van der Waals surface area contributed by atoms with Gasteiger partial charge in [0.1, 0.15) is 22.1 Å². The summed E-state index contributed by atoms with van der Waals surface area (Å²) in [5.74, 6) is -0.998. The average Bonchev–Trinajstić information content (AvgIpc) is 3.47. The number of ether oxygens (including phenoxy) is 3. The van der Waals surface area contributed by atoms with Crippen LogP contribution in [0.25, 0.3) is 5.76 Å². The van der Waals surface area contributed by atoms with Crippen molar-refractivity contribution >= 4 is 39.9 Å². The van der Waals surface area contributed by atoms with Crippen LogP contribution in [0.1, 0.15) is 66.1 Å². The first-order valence-corrected chi connectivity index (χ1v) is 14.3. The maximum Gasteiger partial charge on any atom is 0.350 e. The number of amides is 1. The Morgan fingerprint density at radius 3 is 2.44 bits per heavy atom. The molecule has 0 spiro atoms. The molecule has 1 N–H and O–H groups in total. The largest absolute Gasteiger partial charge is 0.507 e. The molecular weight excluding hydrogens is 544 g/mol. The van der Waals surface area contributed by atoms with Crippen molar-refractivity contribution in [2.75, 3.05) is 25.2 Å². The quantitative estimate of drug-likeness (QED) is 0.126. The third-order valence-electron chi connectivity index (χ3n) is 6.54. The van der Waals surface area contributed by atoms with Gasteiger partial charge in [0.15, 0.2) is 5.13 Å². The van der Waals surface area contributed by atoms with Crippen molar-refractivity contribution < 1.29 is 33.7 Å². The highest BCUT2D eigenvalue weighted by atomic mass is 32.1. The van der Waals surface area contributed by atoms with Crippen LogP contribution < -0.4 is 14.4 Å². The number of carbonyl (C=O) groups is 3. The van der Waals surface area contributed by atoms with E-state index in [1.165, 1.54) is 12.0 Å². The Bertz CT molecular complexity index is 1460. The molecule has 0 saturated carbocycles. The van der Waals surface area contributed by atoms with Gasteiger partial charge in [0.2, 0.25) is 0 Å². The van der Waals surface area contributed by atoms with E-state index in [4.69, 9.17) is 14.2 Å². The van der Waals surface area contributed by atoms with Crippen molar-refractivity contribution in [1.29, 1.82) is 0 Å². The number of esters is 1. The van der Waals surface area contributed by atoms with Gasteiger partial charge in [-0.15, -0.1) is 0 Å². The van der Waals surface area contributed by atoms with E-state index in [1.54, 1.807) is 55.5 Å². The standard InChI is InChI=1S/C31H34N2O7S/c1-6-15-39-22-12-10-20(11-13-22)26(34)24-25(21-8-7-9-23(17-21)40-16-14-18(2)3)33(29(36)27(24)35)31-32-19(4)28(41-31)30(37)38-5/h7-13,17-18,25,34H,6,14-16H2,1-5H3/b26-24+. The van der Waals surface area contributed by atoms with Crippen molar-refractivity contribution in [3.05, 3.63) is 75.8 Å². The molecule has 2 heterocycles. The Labute approximate surface area is 243 Å². The van der Waals surface area contributed by atoms with Crippen molar-refractivity contribution in [2.45, 2.75) is 46.6 Å². The molecule has 1 aliphatic heterocycles. The summed E-state index contributed by atoms with van der Waals surface area (Å²) in [6.45, 7) is 8.89. The van der Waals surface area contributed by atoms with Crippen LogP contribution in [-0.4, -0.2) is 48.1 Å². The predicted octanol–water partition coefficient (Wildman–Crippen LogP) is 6.08. The van der Waals surface area contributed by atoms with E-state index in [-0.39, 0.29) is 21.3 Å². The number of hydrogen-bond donors (Lipinski definition) is 1. The van der Waals surface area contributed by atoms with Gasteiger partial charge in [0, 0.05) is 5.56 Å². The predicted molar refractivity (Wildman–Crippen MR) is 157 cm³/mol. The Kier molecular flexibility index (Phi) is 9.44. The number of aliphatic hydroxyl groups is 1. The molecule has 3 aromatic rings. The molecule has 9 nitrogen and oxygen atoms in total. The summed E-state index contributed by atoms with van der Waals surface area (Å²) in [5, 5.41) is 11.6. The van der Waals surface area contributed by atoms with Gasteiger partial charge in [-0.1, -0.05) is 44.2 Å². The van der Waals surface area contributed by atoms with E-state index in [1.807, 2.05) is 6.92 Å². The third kappa shape index (κ3) is 6.43. The first-order chi connectivity index (χ1) is 19.7. The van der Waals surface area contributed by atoms with Gasteiger partial charge in [0.25, 0.3) is 5.78 Å². The van der Waals surface area contributed by atoms with Gasteiger partial charge in [0.05, 0.1) is 37.6 Å². The molecule has 216 valence electrons. The summed E-state index contributed by atoms with van der Waals surface area (Å²) in [7, 11) is 1.26. The van der Waals surface area contributed by atoms with Crippen LogP contribution in [0.4, 0.5) is 5.13 Å². The minimum Gasteiger partial charge on any atom is -0.507 e. The molecule has 1 fully saturated rings. The average molecular weight is 579 g/mol. The lowest BCUT2D eigenvalue weighted by Gasteiger charge is -2.23. The van der Waals surface area contributed by atoms with Crippen LogP contribution in [0.5, 0.6) is 11.5 Å². The van der Waals surface area contributed by atoms with Gasteiger partial charge < -0.3 is 19.3 Å². The number of carbonyl (C=O) groups excluding carboxylic acids is 3. The van der Waals surface area contributed by atoms with Crippen molar-refractivity contribution in [3.63, 3.8) is 0 Å². The highest BCUT2D eigenvalue weighted by Crippen LogP contribution is 2.44. The molecule has 1 saturated heterocycles. The molecule has 1 amide bonds. The normalized spacial score (nSPS) is 16.3. The summed E-state index contributed by atoms with van der Waals surface area (Å²) >= 11 is 0.949. The van der Waals surface area contributed by atoms with Crippen LogP contribution in [0.15, 0.2) is 54.1 Å². The zero-order chi connectivity index (χ0) is 29.7. The molecular formula is C31H34N2O7S. The van der Waals surface area contributed by atoms with E-state index >= 15 is 0 Å². The van der Waals surface area contributed by atoms with Crippen molar-refractivity contribution in [2.24, 2.45) is 5.92 Å². The molecule has 0 bridgehead atoms. The Hall–Kier alpha value is -4.18. The number of anilines is 1. The molecule has 0 aliphatic carbocycles. The number of ketones is 1. The highest BCUT2D eigenvalue weighted by Gasteiger charge is 2.48. The molecule has 1 aliphatic rings. The second kappa shape index (κ2) is 13.0. The number of rotatable bonds is 11. The summed E-state index contributed by atoms with van der Waals surface area (Å²) in [4.78, 5) is 45.2. The van der Waals surface area contributed by atoms with E-state index in [2.05, 4.69) is 18.8 Å². The number of hydrogen-bond acceptors (Lipinski definition) is 9. The Morgan fingerprint density at radius 1 is 1.07 bits per heavy atom. The monoisotopic (exact) mass is 578 g/mol. The number of benzene rings is 2. The zero-order valence-electron chi connectivity index (χ0n) is 23.8. The van der Waals surface area contributed by atoms with Gasteiger partial charge in [-0.25, -0.2) is 9.78 Å². The molecule has 1 atom stereocenters. The smallest absolute Gasteiger partial charge is 0.350 e. The number of thiazole rings is 1. The highest BCUT2D eigenvalue weighted by molar-refractivity contribution is 7.17. The molecule has 1 unspecified atom stereocenters. The maximum atomic E-state index is 13.5. The molecule has 2 aromatic carbocycles. The summed E-state index contributed by atoms with van der Waals surface area (Å²) in [6, 6.07) is 12.7. The first kappa shape index (κ1) is 29.8. The van der Waals surface area contributed by atoms with Gasteiger partial charge >= 0.3 is 11.9 Å². The fraction of sp³-hybridized carbons (Fsp3) is 0.355. The van der Waals surface area contributed by atoms with E-state index in [0.29, 0.717) is 47.5 Å². The number of nitrogens with zero attached hydrogens (tertiary/aromatic N) is 2. The molecule has 10 heteroatoms. The van der Waals surface area contributed by atoms with E-state index < -0.39 is 23.7 Å². The third-order valence-corrected chi connectivity index (χ3v) is 7.68. The minimum absolute atomic E-state index is 0.0935. The van der Waals surface area contributed by atoms with Crippen LogP contribution in [0.2, 0.25) is 0 Å². The lowest BCUT2D eigenvalue weighted by Crippen LogP contribution is -2.29. The maximum absolute atomic E-state index is 13.5. The zero-order valence-corrected chi connectivity index (χ0v) is 24.6. The topological polar surface area (TPSA) is 115 Å². The molecule has 1 aromatic heterocycles. The second-order valence-corrected chi connectivity index (χ2v) is 11.0. The van der Waals surface area contributed by atoms with Gasteiger partial charge in [-0.05, 0) is 67.6 Å². The van der Waals surface area contributed by atoms with Gasteiger partial charge in [-0.3, -0.25) is 14.5 Å². The van der Waals surface area contributed by atoms with Crippen LogP contribution in [0.3, 0.4) is 0 Å². The summed E-state index contributed by atoms with van der Waals surface area (Å²) in [5.41, 5.74) is 1.17. The first-order valence-electron chi connectivity index (χ1n) is 13.5. The summed E-state index contributed by atoms with van der Waals surface area (Å²) < 4.78 is 16.4. The number of Topliss-reactive ketones (excluding diaryl/α,β-unsaturated/α-hetero) is 1. The van der Waals surface area contributed by atoms with E-state index in [0.717, 1.165) is 24.2 Å². The number of methoxy groups -OCH3 is 1. The van der Waals surface area contributed by atoms with Crippen LogP contribution in [0, 0.1) is 12.8 Å². The summed E-state index contributed by atoms with van der Waals surface area (Å²) in [6.07, 6.45) is 1.70. The second-order valence-electron chi connectivity index (χ2n) is 10.0. The van der Waals surface area contributed by atoms with Crippen molar-refractivity contribution in [1.82, 2.24) is 4.98 Å². The van der Waals surface area contributed by atoms with Crippen molar-refractivity contribution in [3.8, 4) is 11.5 Å². The fourth-order valence-corrected chi connectivity index (χ4v) is 5.40. The lowest BCUT2D eigenvalue weighted by atomic mass is 9.95. The molecule has 0 radical (unpaired) electrons.